The number of benzene rings is 3. The Hall–Kier alpha value is -4.73. The Kier molecular flexibility index (Phi) is 4.62. The van der Waals surface area contributed by atoms with Gasteiger partial charge in [-0.3, -0.25) is 14.7 Å². The minimum atomic E-state index is -1.49. The lowest BCUT2D eigenvalue weighted by Gasteiger charge is -2.20. The molecule has 3 aromatic carbocycles. The highest BCUT2D eigenvalue weighted by atomic mass is 19.1. The molecule has 1 N–H and O–H groups in total. The van der Waals surface area contributed by atoms with Crippen molar-refractivity contribution in [3.05, 3.63) is 93.7 Å². The van der Waals surface area contributed by atoms with Crippen LogP contribution in [0.2, 0.25) is 0 Å². The van der Waals surface area contributed by atoms with Crippen LogP contribution >= 0.6 is 0 Å². The highest BCUT2D eigenvalue weighted by molar-refractivity contribution is 6.03. The van der Waals surface area contributed by atoms with Crippen molar-refractivity contribution < 1.29 is 23.2 Å². The van der Waals surface area contributed by atoms with E-state index in [0.717, 1.165) is 5.56 Å². The molecule has 0 bridgehead atoms. The van der Waals surface area contributed by atoms with Crippen molar-refractivity contribution in [3.8, 4) is 5.82 Å². The third-order valence-corrected chi connectivity index (χ3v) is 6.47. The van der Waals surface area contributed by atoms with Crippen LogP contribution in [0.25, 0.3) is 27.8 Å². The normalized spacial score (nSPS) is 17.6. The number of nitrogens with one attached hydrogen (secondary N) is 1. The standard InChI is InChI=1S/C26H19FN4O5/c1-14-6-9-21-18(10-14)22(29-36-21)31-19-8-7-17(27)12-20(19)30(25(31)34)13-15-4-3-5-16(11-15)26(2)23(32)28-24(33)35-26/h3-12H,13H2,1-2H3,(H,28,32,33)/t26-/m1/s1. The van der Waals surface area contributed by atoms with Gasteiger partial charge in [-0.05, 0) is 55.8 Å². The molecular weight excluding hydrogens is 467 g/mol. The van der Waals surface area contributed by atoms with Crippen LogP contribution in [-0.2, 0) is 21.7 Å². The van der Waals surface area contributed by atoms with Crippen molar-refractivity contribution in [1.29, 1.82) is 0 Å². The van der Waals surface area contributed by atoms with Crippen LogP contribution in [0, 0.1) is 12.7 Å². The Morgan fingerprint density at radius 2 is 1.86 bits per heavy atom. The number of ether oxygens (including phenoxy) is 1. The van der Waals surface area contributed by atoms with Crippen LogP contribution < -0.4 is 11.0 Å². The average Bonchev–Trinajstić information content (AvgIpc) is 3.46. The summed E-state index contributed by atoms with van der Waals surface area (Å²) in [5.41, 5.74) is 1.49. The van der Waals surface area contributed by atoms with Gasteiger partial charge in [-0.1, -0.05) is 35.0 Å². The molecule has 5 aromatic rings. The minimum Gasteiger partial charge on any atom is -0.428 e. The lowest BCUT2D eigenvalue weighted by molar-refractivity contribution is -0.130. The summed E-state index contributed by atoms with van der Waals surface area (Å²) < 4.78 is 27.8. The molecule has 180 valence electrons. The molecule has 1 aliphatic rings. The van der Waals surface area contributed by atoms with Crippen LogP contribution in [0.1, 0.15) is 23.6 Å². The van der Waals surface area contributed by atoms with E-state index in [2.05, 4.69) is 10.5 Å². The van der Waals surface area contributed by atoms with Gasteiger partial charge in [0.2, 0.25) is 5.60 Å². The van der Waals surface area contributed by atoms with E-state index in [1.807, 2.05) is 19.1 Å². The van der Waals surface area contributed by atoms with E-state index in [1.54, 1.807) is 30.3 Å². The van der Waals surface area contributed by atoms with Crippen molar-refractivity contribution in [3.63, 3.8) is 0 Å². The Balaban J connectivity index is 1.50. The first-order valence-corrected chi connectivity index (χ1v) is 11.2. The highest BCUT2D eigenvalue weighted by Gasteiger charge is 2.46. The van der Waals surface area contributed by atoms with Crippen molar-refractivity contribution in [1.82, 2.24) is 19.6 Å². The Labute approximate surface area is 202 Å². The van der Waals surface area contributed by atoms with Gasteiger partial charge < -0.3 is 9.26 Å². The first-order valence-electron chi connectivity index (χ1n) is 11.2. The number of rotatable bonds is 4. The quantitative estimate of drug-likeness (QED) is 0.413. The fourth-order valence-corrected chi connectivity index (χ4v) is 4.60. The summed E-state index contributed by atoms with van der Waals surface area (Å²) in [5.74, 6) is -0.761. The van der Waals surface area contributed by atoms with Gasteiger partial charge in [-0.15, -0.1) is 0 Å². The number of nitrogens with zero attached hydrogens (tertiary/aromatic N) is 3. The predicted molar refractivity (Wildman–Crippen MR) is 127 cm³/mol. The topological polar surface area (TPSA) is 108 Å². The van der Waals surface area contributed by atoms with Crippen LogP contribution in [0.15, 0.2) is 70.0 Å². The molecule has 36 heavy (non-hydrogen) atoms. The summed E-state index contributed by atoms with van der Waals surface area (Å²) in [5, 5.41) is 6.93. The van der Waals surface area contributed by atoms with Gasteiger partial charge >= 0.3 is 11.8 Å². The number of aryl methyl sites for hydroxylation is 1. The molecule has 2 amide bonds. The number of alkyl carbamates (subject to hydrolysis) is 1. The molecule has 0 aliphatic carbocycles. The summed E-state index contributed by atoms with van der Waals surface area (Å²) in [6, 6.07) is 16.5. The molecule has 10 heteroatoms. The number of cyclic esters (lactones) is 1. The summed E-state index contributed by atoms with van der Waals surface area (Å²) in [4.78, 5) is 37.7. The number of imide groups is 1. The highest BCUT2D eigenvalue weighted by Crippen LogP contribution is 2.31. The smallest absolute Gasteiger partial charge is 0.415 e. The number of aromatic nitrogens is 3. The fraction of sp³-hybridized carbons (Fsp3) is 0.154. The van der Waals surface area contributed by atoms with E-state index in [0.29, 0.717) is 38.9 Å². The first-order chi connectivity index (χ1) is 17.2. The number of hydrogen-bond acceptors (Lipinski definition) is 6. The number of halogens is 1. The van der Waals surface area contributed by atoms with Crippen LogP contribution in [-0.4, -0.2) is 26.3 Å². The zero-order valence-corrected chi connectivity index (χ0v) is 19.2. The molecule has 1 fully saturated rings. The SMILES string of the molecule is Cc1ccc2onc(-n3c(=O)n(Cc4cccc([C@@]5(C)OC(=O)NC5=O)c4)c4cc(F)ccc43)c2c1. The lowest BCUT2D eigenvalue weighted by Crippen LogP contribution is -2.33. The molecule has 3 heterocycles. The monoisotopic (exact) mass is 486 g/mol. The molecule has 9 nitrogen and oxygen atoms in total. The fourth-order valence-electron chi connectivity index (χ4n) is 4.60. The largest absolute Gasteiger partial charge is 0.428 e. The predicted octanol–water partition coefficient (Wildman–Crippen LogP) is 3.91. The van der Waals surface area contributed by atoms with E-state index in [1.165, 1.54) is 34.3 Å². The van der Waals surface area contributed by atoms with E-state index in [4.69, 9.17) is 9.26 Å². The molecule has 0 unspecified atom stereocenters. The number of fused-ring (bicyclic) bond motifs is 2. The van der Waals surface area contributed by atoms with Gasteiger partial charge in [-0.2, -0.15) is 0 Å². The minimum absolute atomic E-state index is 0.0695. The molecule has 1 saturated heterocycles. The van der Waals surface area contributed by atoms with Crippen molar-refractivity contribution in [2.24, 2.45) is 0 Å². The van der Waals surface area contributed by atoms with E-state index in [9.17, 15) is 18.8 Å². The van der Waals surface area contributed by atoms with Crippen molar-refractivity contribution in [2.75, 3.05) is 0 Å². The zero-order chi connectivity index (χ0) is 25.2. The Morgan fingerprint density at radius 3 is 2.64 bits per heavy atom. The maximum absolute atomic E-state index is 14.3. The summed E-state index contributed by atoms with van der Waals surface area (Å²) in [7, 11) is 0. The Bertz CT molecular complexity index is 1780. The van der Waals surface area contributed by atoms with Gasteiger partial charge in [-0.25, -0.2) is 18.5 Å². The number of imidazole rings is 1. The van der Waals surface area contributed by atoms with Gasteiger partial charge in [0.15, 0.2) is 11.4 Å². The molecule has 0 saturated carbocycles. The second-order valence-electron chi connectivity index (χ2n) is 8.92. The molecule has 0 spiro atoms. The molecule has 1 aliphatic heterocycles. The molecule has 1 atom stereocenters. The molecule has 0 radical (unpaired) electrons. The van der Waals surface area contributed by atoms with Crippen LogP contribution in [0.4, 0.5) is 9.18 Å². The number of hydrogen-bond donors (Lipinski definition) is 1. The Morgan fingerprint density at radius 1 is 1.03 bits per heavy atom. The molecule has 6 rings (SSSR count). The lowest BCUT2D eigenvalue weighted by atomic mass is 9.94. The first kappa shape index (κ1) is 21.8. The van der Waals surface area contributed by atoms with E-state index >= 15 is 0 Å². The van der Waals surface area contributed by atoms with Crippen molar-refractivity contribution in [2.45, 2.75) is 26.0 Å². The summed E-state index contributed by atoms with van der Waals surface area (Å²) in [6.45, 7) is 3.49. The second kappa shape index (κ2) is 7.64. The summed E-state index contributed by atoms with van der Waals surface area (Å²) in [6.07, 6.45) is -0.822. The molecular formula is C26H19FN4O5. The van der Waals surface area contributed by atoms with Gasteiger partial charge in [0.05, 0.1) is 23.0 Å². The third-order valence-electron chi connectivity index (χ3n) is 6.47. The number of amides is 2. The third kappa shape index (κ3) is 3.22. The van der Waals surface area contributed by atoms with Gasteiger partial charge in [0.1, 0.15) is 5.82 Å². The van der Waals surface area contributed by atoms with Gasteiger partial charge in [0, 0.05) is 5.56 Å². The second-order valence-corrected chi connectivity index (χ2v) is 8.92. The van der Waals surface area contributed by atoms with Crippen molar-refractivity contribution >= 4 is 34.0 Å². The van der Waals surface area contributed by atoms with Gasteiger partial charge in [0.25, 0.3) is 5.91 Å². The van der Waals surface area contributed by atoms with Crippen LogP contribution in [0.3, 0.4) is 0 Å². The number of carbonyl (C=O) groups excluding carboxylic acids is 2. The zero-order valence-electron chi connectivity index (χ0n) is 19.2. The van der Waals surface area contributed by atoms with E-state index < -0.39 is 29.1 Å². The maximum atomic E-state index is 14.3. The van der Waals surface area contributed by atoms with E-state index in [-0.39, 0.29) is 6.54 Å². The summed E-state index contributed by atoms with van der Waals surface area (Å²) >= 11 is 0. The maximum Gasteiger partial charge on any atom is 0.415 e. The average molecular weight is 486 g/mol. The number of carbonyl (C=O) groups is 2. The molecule has 2 aromatic heterocycles. The van der Waals surface area contributed by atoms with Crippen LogP contribution in [0.5, 0.6) is 0 Å².